The number of hydrogen-bond acceptors (Lipinski definition) is 4. The van der Waals surface area contributed by atoms with Crippen LogP contribution in [0.3, 0.4) is 0 Å². The molecule has 5 heteroatoms. The summed E-state index contributed by atoms with van der Waals surface area (Å²) < 4.78 is 11.1. The first kappa shape index (κ1) is 17.8. The molecule has 3 N–H and O–H groups in total. The Balaban J connectivity index is 2.04. The summed E-state index contributed by atoms with van der Waals surface area (Å²) in [7, 11) is 1.60. The molecule has 1 amide bonds. The van der Waals surface area contributed by atoms with Crippen LogP contribution in [0.15, 0.2) is 48.5 Å². The smallest absolute Gasteiger partial charge is 0.244 e. The minimum Gasteiger partial charge on any atom is -0.493 e. The van der Waals surface area contributed by atoms with Crippen molar-refractivity contribution in [3.05, 3.63) is 48.5 Å². The van der Waals surface area contributed by atoms with Crippen LogP contribution in [0.25, 0.3) is 0 Å². The molecule has 24 heavy (non-hydrogen) atoms. The molecule has 0 radical (unpaired) electrons. The van der Waals surface area contributed by atoms with Crippen molar-refractivity contribution in [2.75, 3.05) is 12.4 Å². The Morgan fingerprint density at radius 1 is 1.12 bits per heavy atom. The number of methoxy groups -OCH3 is 1. The van der Waals surface area contributed by atoms with Crippen LogP contribution in [-0.2, 0) is 4.79 Å². The molecule has 0 saturated heterocycles. The van der Waals surface area contributed by atoms with Crippen molar-refractivity contribution in [2.24, 2.45) is 5.73 Å². The molecular weight excluding hydrogens is 304 g/mol. The Morgan fingerprint density at radius 3 is 2.33 bits per heavy atom. The Labute approximate surface area is 142 Å². The maximum atomic E-state index is 12.2. The maximum absolute atomic E-state index is 12.2. The predicted octanol–water partition coefficient (Wildman–Crippen LogP) is 3.94. The Kier molecular flexibility index (Phi) is 5.82. The lowest BCUT2D eigenvalue weighted by molar-refractivity contribution is -0.120. The molecule has 0 aliphatic rings. The summed E-state index contributed by atoms with van der Waals surface area (Å²) in [5, 5.41) is 2.84. The van der Waals surface area contributed by atoms with Crippen molar-refractivity contribution in [1.29, 1.82) is 0 Å². The summed E-state index contributed by atoms with van der Waals surface area (Å²) in [6.45, 7) is 3.74. The second-order valence-corrected chi connectivity index (χ2v) is 5.90. The third kappa shape index (κ3) is 4.49. The Morgan fingerprint density at radius 2 is 1.75 bits per heavy atom. The number of anilines is 1. The number of para-hydroxylation sites is 2. The molecule has 2 rings (SSSR count). The van der Waals surface area contributed by atoms with Crippen LogP contribution in [0.2, 0.25) is 0 Å². The van der Waals surface area contributed by atoms with Gasteiger partial charge in [-0.05, 0) is 49.7 Å². The number of nitrogens with two attached hydrogens (primary N) is 1. The summed E-state index contributed by atoms with van der Waals surface area (Å²) in [6.07, 6.45) is 1.49. The number of benzene rings is 2. The number of amides is 1. The van der Waals surface area contributed by atoms with E-state index in [4.69, 9.17) is 15.2 Å². The van der Waals surface area contributed by atoms with Crippen molar-refractivity contribution in [2.45, 2.75) is 32.2 Å². The van der Waals surface area contributed by atoms with Crippen molar-refractivity contribution < 1.29 is 14.3 Å². The lowest BCUT2D eigenvalue weighted by Gasteiger charge is -2.22. The third-order valence-corrected chi connectivity index (χ3v) is 3.70. The van der Waals surface area contributed by atoms with Crippen LogP contribution >= 0.6 is 0 Å². The largest absolute Gasteiger partial charge is 0.493 e. The Bertz CT molecular complexity index is 681. The zero-order chi connectivity index (χ0) is 17.6. The molecule has 0 bridgehead atoms. The van der Waals surface area contributed by atoms with Gasteiger partial charge in [-0.15, -0.1) is 0 Å². The molecule has 1 unspecified atom stereocenters. The van der Waals surface area contributed by atoms with Gasteiger partial charge in [-0.1, -0.05) is 25.5 Å². The quantitative estimate of drug-likeness (QED) is 0.807. The molecule has 2 aromatic carbocycles. The van der Waals surface area contributed by atoms with Crippen molar-refractivity contribution in [3.63, 3.8) is 0 Å². The van der Waals surface area contributed by atoms with Crippen LogP contribution < -0.4 is 20.5 Å². The fourth-order valence-corrected chi connectivity index (χ4v) is 2.34. The zero-order valence-electron chi connectivity index (χ0n) is 14.3. The van der Waals surface area contributed by atoms with Crippen LogP contribution in [0.4, 0.5) is 5.69 Å². The fraction of sp³-hybridized carbons (Fsp3) is 0.316. The van der Waals surface area contributed by atoms with Crippen LogP contribution in [0.5, 0.6) is 17.2 Å². The number of ether oxygens (including phenoxy) is 2. The molecule has 1 atom stereocenters. The average molecular weight is 328 g/mol. The molecule has 0 heterocycles. The second kappa shape index (κ2) is 7.84. The van der Waals surface area contributed by atoms with Crippen molar-refractivity contribution in [3.8, 4) is 17.2 Å². The molecule has 128 valence electrons. The van der Waals surface area contributed by atoms with E-state index in [1.54, 1.807) is 38.3 Å². The molecule has 5 nitrogen and oxygen atoms in total. The SMILES string of the molecule is CCCC(C)(N)C(=O)Nc1ccc(Oc2ccccc2OC)cc1. The normalized spacial score (nSPS) is 13.0. The van der Waals surface area contributed by atoms with Gasteiger partial charge in [0.15, 0.2) is 11.5 Å². The van der Waals surface area contributed by atoms with Crippen molar-refractivity contribution >= 4 is 11.6 Å². The monoisotopic (exact) mass is 328 g/mol. The van der Waals surface area contributed by atoms with E-state index in [0.717, 1.165) is 6.42 Å². The van der Waals surface area contributed by atoms with E-state index in [-0.39, 0.29) is 5.91 Å². The van der Waals surface area contributed by atoms with Crippen LogP contribution in [0, 0.1) is 0 Å². The lowest BCUT2D eigenvalue weighted by Crippen LogP contribution is -2.48. The van der Waals surface area contributed by atoms with E-state index in [1.807, 2.05) is 31.2 Å². The van der Waals surface area contributed by atoms with Crippen molar-refractivity contribution in [1.82, 2.24) is 0 Å². The van der Waals surface area contributed by atoms with Gasteiger partial charge in [0.1, 0.15) is 5.75 Å². The summed E-state index contributed by atoms with van der Waals surface area (Å²) in [5.74, 6) is 1.76. The third-order valence-electron chi connectivity index (χ3n) is 3.70. The lowest BCUT2D eigenvalue weighted by atomic mass is 9.96. The van der Waals surface area contributed by atoms with Gasteiger partial charge >= 0.3 is 0 Å². The van der Waals surface area contributed by atoms with Gasteiger partial charge < -0.3 is 20.5 Å². The van der Waals surface area contributed by atoms with Gasteiger partial charge in [0, 0.05) is 5.69 Å². The summed E-state index contributed by atoms with van der Waals surface area (Å²) in [6, 6.07) is 14.6. The molecular formula is C19H24N2O3. The summed E-state index contributed by atoms with van der Waals surface area (Å²) in [4.78, 5) is 12.2. The molecule has 0 spiro atoms. The van der Waals surface area contributed by atoms with Crippen LogP contribution in [-0.4, -0.2) is 18.6 Å². The molecule has 0 aliphatic heterocycles. The topological polar surface area (TPSA) is 73.6 Å². The molecule has 0 fully saturated rings. The zero-order valence-corrected chi connectivity index (χ0v) is 14.3. The van der Waals surface area contributed by atoms with Gasteiger partial charge in [0.05, 0.1) is 12.6 Å². The molecule has 0 saturated carbocycles. The van der Waals surface area contributed by atoms with E-state index >= 15 is 0 Å². The first-order valence-corrected chi connectivity index (χ1v) is 7.97. The summed E-state index contributed by atoms with van der Waals surface area (Å²) in [5.41, 5.74) is 5.84. The van der Waals surface area contributed by atoms with E-state index in [9.17, 15) is 4.79 Å². The molecule has 0 aromatic heterocycles. The van der Waals surface area contributed by atoms with E-state index in [0.29, 0.717) is 29.4 Å². The Hall–Kier alpha value is -2.53. The van der Waals surface area contributed by atoms with E-state index < -0.39 is 5.54 Å². The average Bonchev–Trinajstić information content (AvgIpc) is 2.57. The summed E-state index contributed by atoms with van der Waals surface area (Å²) >= 11 is 0. The number of nitrogens with one attached hydrogen (secondary N) is 1. The first-order chi connectivity index (χ1) is 11.5. The highest BCUT2D eigenvalue weighted by molar-refractivity contribution is 5.97. The highest BCUT2D eigenvalue weighted by Gasteiger charge is 2.27. The highest BCUT2D eigenvalue weighted by Crippen LogP contribution is 2.31. The molecule has 0 aliphatic carbocycles. The maximum Gasteiger partial charge on any atom is 0.244 e. The van der Waals surface area contributed by atoms with Gasteiger partial charge in [-0.25, -0.2) is 0 Å². The molecule has 2 aromatic rings. The number of rotatable bonds is 7. The predicted molar refractivity (Wildman–Crippen MR) is 95.6 cm³/mol. The van der Waals surface area contributed by atoms with Gasteiger partial charge in [0.25, 0.3) is 0 Å². The highest BCUT2D eigenvalue weighted by atomic mass is 16.5. The van der Waals surface area contributed by atoms with Gasteiger partial charge in [-0.3, -0.25) is 4.79 Å². The number of carbonyl (C=O) groups is 1. The number of carbonyl (C=O) groups excluding carboxylic acids is 1. The first-order valence-electron chi connectivity index (χ1n) is 7.97. The van der Waals surface area contributed by atoms with E-state index in [1.165, 1.54) is 0 Å². The number of hydrogen-bond donors (Lipinski definition) is 2. The van der Waals surface area contributed by atoms with E-state index in [2.05, 4.69) is 5.32 Å². The fourth-order valence-electron chi connectivity index (χ4n) is 2.34. The second-order valence-electron chi connectivity index (χ2n) is 5.90. The standard InChI is InChI=1S/C19H24N2O3/c1-4-13-19(2,20)18(22)21-14-9-11-15(12-10-14)24-17-8-6-5-7-16(17)23-3/h5-12H,4,13,20H2,1-3H3,(H,21,22). The van der Waals surface area contributed by atoms with Crippen LogP contribution in [0.1, 0.15) is 26.7 Å². The van der Waals surface area contributed by atoms with Gasteiger partial charge in [0.2, 0.25) is 5.91 Å². The minimum atomic E-state index is -0.874. The van der Waals surface area contributed by atoms with Gasteiger partial charge in [-0.2, -0.15) is 0 Å². The minimum absolute atomic E-state index is 0.192.